The standard InChI is InChI=1S/C20H26N4O3/c21-14-2-1-3-15(9-14)22-10-12-4-5-13-11-24(20(27)16(13)8-12)17-6-7-18(25)23-19(17)26/h4-5,8,14-15,17,22H,1-3,6-7,9-11,21H2,(H,23,25,26)/t14-,15-,17?/m1/s1. The van der Waals surface area contributed by atoms with E-state index in [2.05, 4.69) is 10.6 Å². The highest BCUT2D eigenvalue weighted by Gasteiger charge is 2.39. The van der Waals surface area contributed by atoms with Gasteiger partial charge in [0.05, 0.1) is 0 Å². The zero-order valence-corrected chi connectivity index (χ0v) is 15.4. The van der Waals surface area contributed by atoms with Gasteiger partial charge >= 0.3 is 0 Å². The summed E-state index contributed by atoms with van der Waals surface area (Å²) in [5, 5.41) is 5.89. The van der Waals surface area contributed by atoms with E-state index >= 15 is 0 Å². The van der Waals surface area contributed by atoms with Crippen LogP contribution in [0.25, 0.3) is 0 Å². The summed E-state index contributed by atoms with van der Waals surface area (Å²) in [5.74, 6) is -0.764. The first-order valence-corrected chi connectivity index (χ1v) is 9.76. The zero-order chi connectivity index (χ0) is 19.0. The average molecular weight is 370 g/mol. The second kappa shape index (κ2) is 7.40. The minimum Gasteiger partial charge on any atom is -0.328 e. The maximum Gasteiger partial charge on any atom is 0.255 e. The Morgan fingerprint density at radius 3 is 2.81 bits per heavy atom. The topological polar surface area (TPSA) is 105 Å². The molecule has 0 spiro atoms. The Labute approximate surface area is 158 Å². The third-order valence-corrected chi connectivity index (χ3v) is 5.90. The summed E-state index contributed by atoms with van der Waals surface area (Å²) in [6, 6.07) is 6.09. The number of fused-ring (bicyclic) bond motifs is 1. The fraction of sp³-hybridized carbons (Fsp3) is 0.550. The molecule has 1 aliphatic carbocycles. The number of hydrogen-bond donors (Lipinski definition) is 3. The summed E-state index contributed by atoms with van der Waals surface area (Å²) in [4.78, 5) is 37.9. The van der Waals surface area contributed by atoms with Gasteiger partial charge in [-0.2, -0.15) is 0 Å². The van der Waals surface area contributed by atoms with Crippen molar-refractivity contribution in [2.75, 3.05) is 0 Å². The molecule has 7 nitrogen and oxygen atoms in total. The SMILES string of the molecule is N[C@@H]1CCC[C@@H](NCc2ccc3c(c2)C(=O)N(C2CCC(=O)NC2=O)C3)C1. The van der Waals surface area contributed by atoms with Gasteiger partial charge in [0.25, 0.3) is 5.91 Å². The molecule has 3 atom stereocenters. The number of hydrogen-bond acceptors (Lipinski definition) is 5. The van der Waals surface area contributed by atoms with Crippen LogP contribution in [0.4, 0.5) is 0 Å². The fourth-order valence-electron chi connectivity index (χ4n) is 4.39. The van der Waals surface area contributed by atoms with E-state index in [0.29, 0.717) is 31.1 Å². The largest absolute Gasteiger partial charge is 0.328 e. The molecule has 1 saturated heterocycles. The molecule has 4 N–H and O–H groups in total. The Morgan fingerprint density at radius 1 is 1.19 bits per heavy atom. The molecule has 0 bridgehead atoms. The first-order chi connectivity index (χ1) is 13.0. The molecular weight excluding hydrogens is 344 g/mol. The molecule has 4 rings (SSSR count). The van der Waals surface area contributed by atoms with E-state index in [4.69, 9.17) is 5.73 Å². The van der Waals surface area contributed by atoms with Gasteiger partial charge in [0.15, 0.2) is 0 Å². The van der Waals surface area contributed by atoms with Gasteiger partial charge in [0, 0.05) is 37.2 Å². The lowest BCUT2D eigenvalue weighted by molar-refractivity contribution is -0.136. The second-order valence-corrected chi connectivity index (χ2v) is 7.90. The van der Waals surface area contributed by atoms with E-state index in [1.165, 1.54) is 0 Å². The Balaban J connectivity index is 1.42. The van der Waals surface area contributed by atoms with E-state index in [1.54, 1.807) is 4.90 Å². The van der Waals surface area contributed by atoms with Gasteiger partial charge < -0.3 is 16.0 Å². The van der Waals surface area contributed by atoms with Crippen molar-refractivity contribution in [3.05, 3.63) is 34.9 Å². The third kappa shape index (κ3) is 3.75. The molecule has 0 aromatic heterocycles. The van der Waals surface area contributed by atoms with Crippen LogP contribution in [0.1, 0.15) is 60.0 Å². The molecule has 3 aliphatic rings. The van der Waals surface area contributed by atoms with E-state index in [-0.39, 0.29) is 30.2 Å². The van der Waals surface area contributed by atoms with Crippen LogP contribution in [0.5, 0.6) is 0 Å². The van der Waals surface area contributed by atoms with Crippen LogP contribution < -0.4 is 16.4 Å². The summed E-state index contributed by atoms with van der Waals surface area (Å²) in [5.41, 5.74) is 8.71. The molecule has 2 fully saturated rings. The smallest absolute Gasteiger partial charge is 0.255 e. The lowest BCUT2D eigenvalue weighted by atomic mass is 9.91. The van der Waals surface area contributed by atoms with Gasteiger partial charge in [-0.05, 0) is 42.9 Å². The molecule has 1 aromatic carbocycles. The molecule has 2 aliphatic heterocycles. The number of nitrogens with zero attached hydrogens (tertiary/aromatic N) is 1. The predicted molar refractivity (Wildman–Crippen MR) is 99.6 cm³/mol. The van der Waals surface area contributed by atoms with Gasteiger partial charge in [-0.3, -0.25) is 19.7 Å². The summed E-state index contributed by atoms with van der Waals surface area (Å²) in [6.45, 7) is 1.13. The number of benzene rings is 1. The van der Waals surface area contributed by atoms with Gasteiger partial charge in [0.2, 0.25) is 11.8 Å². The first-order valence-electron chi connectivity index (χ1n) is 9.76. The van der Waals surface area contributed by atoms with Crippen LogP contribution >= 0.6 is 0 Å². The number of imide groups is 1. The number of carbonyl (C=O) groups excluding carboxylic acids is 3. The Hall–Kier alpha value is -2.25. The van der Waals surface area contributed by atoms with Crippen molar-refractivity contribution >= 4 is 17.7 Å². The van der Waals surface area contributed by atoms with Gasteiger partial charge in [-0.1, -0.05) is 18.6 Å². The average Bonchev–Trinajstić information content (AvgIpc) is 2.96. The Kier molecular flexibility index (Phi) is 4.97. The van der Waals surface area contributed by atoms with Crippen molar-refractivity contribution in [3.8, 4) is 0 Å². The quantitative estimate of drug-likeness (QED) is 0.680. The number of piperidine rings is 1. The van der Waals surface area contributed by atoms with Gasteiger partial charge in [0.1, 0.15) is 6.04 Å². The second-order valence-electron chi connectivity index (χ2n) is 7.90. The Bertz CT molecular complexity index is 778. The van der Waals surface area contributed by atoms with Crippen LogP contribution in [0.15, 0.2) is 18.2 Å². The first kappa shape index (κ1) is 18.1. The monoisotopic (exact) mass is 370 g/mol. The van der Waals surface area contributed by atoms with Crippen LogP contribution in [-0.4, -0.2) is 40.7 Å². The normalized spacial score (nSPS) is 28.3. The highest BCUT2D eigenvalue weighted by Crippen LogP contribution is 2.28. The van der Waals surface area contributed by atoms with Crippen molar-refractivity contribution in [3.63, 3.8) is 0 Å². The lowest BCUT2D eigenvalue weighted by Gasteiger charge is -2.29. The highest BCUT2D eigenvalue weighted by atomic mass is 16.2. The van der Waals surface area contributed by atoms with Crippen molar-refractivity contribution in [2.24, 2.45) is 5.73 Å². The Morgan fingerprint density at radius 2 is 2.04 bits per heavy atom. The highest BCUT2D eigenvalue weighted by molar-refractivity contribution is 6.05. The van der Waals surface area contributed by atoms with Gasteiger partial charge in [-0.15, -0.1) is 0 Å². The predicted octanol–water partition coefficient (Wildman–Crippen LogP) is 0.807. The molecule has 1 unspecified atom stereocenters. The molecule has 144 valence electrons. The van der Waals surface area contributed by atoms with Crippen molar-refractivity contribution in [2.45, 2.75) is 69.7 Å². The van der Waals surface area contributed by atoms with E-state index in [0.717, 1.165) is 36.8 Å². The van der Waals surface area contributed by atoms with Gasteiger partial charge in [-0.25, -0.2) is 0 Å². The van der Waals surface area contributed by atoms with Crippen molar-refractivity contribution in [1.29, 1.82) is 0 Å². The van der Waals surface area contributed by atoms with E-state index in [1.807, 2.05) is 18.2 Å². The minimum atomic E-state index is -0.562. The molecular formula is C20H26N4O3. The summed E-state index contributed by atoms with van der Waals surface area (Å²) >= 11 is 0. The van der Waals surface area contributed by atoms with Crippen LogP contribution in [0.2, 0.25) is 0 Å². The van der Waals surface area contributed by atoms with Crippen LogP contribution in [0, 0.1) is 0 Å². The fourth-order valence-corrected chi connectivity index (χ4v) is 4.39. The van der Waals surface area contributed by atoms with E-state index in [9.17, 15) is 14.4 Å². The molecule has 1 saturated carbocycles. The molecule has 1 aromatic rings. The summed E-state index contributed by atoms with van der Waals surface area (Å²) in [6.07, 6.45) is 5.05. The molecule has 2 heterocycles. The maximum absolute atomic E-state index is 12.8. The maximum atomic E-state index is 12.8. The number of nitrogens with one attached hydrogen (secondary N) is 2. The van der Waals surface area contributed by atoms with E-state index < -0.39 is 6.04 Å². The van der Waals surface area contributed by atoms with Crippen LogP contribution in [-0.2, 0) is 22.7 Å². The number of carbonyl (C=O) groups is 3. The summed E-state index contributed by atoms with van der Waals surface area (Å²) in [7, 11) is 0. The molecule has 0 radical (unpaired) electrons. The third-order valence-electron chi connectivity index (χ3n) is 5.90. The number of amides is 3. The lowest BCUT2D eigenvalue weighted by Crippen LogP contribution is -2.52. The summed E-state index contributed by atoms with van der Waals surface area (Å²) < 4.78 is 0. The van der Waals surface area contributed by atoms with Crippen LogP contribution in [0.3, 0.4) is 0 Å². The van der Waals surface area contributed by atoms with Crippen molar-refractivity contribution < 1.29 is 14.4 Å². The molecule has 3 amide bonds. The molecule has 27 heavy (non-hydrogen) atoms. The minimum absolute atomic E-state index is 0.124. The van der Waals surface area contributed by atoms with Crippen molar-refractivity contribution in [1.82, 2.24) is 15.5 Å². The molecule has 7 heteroatoms. The zero-order valence-electron chi connectivity index (χ0n) is 15.4. The number of rotatable bonds is 4. The number of nitrogens with two attached hydrogens (primary N) is 1.